The highest BCUT2D eigenvalue weighted by Gasteiger charge is 1.86. The molecular formula is C8H13FN2. The van der Waals surface area contributed by atoms with E-state index in [0.29, 0.717) is 16.9 Å². The van der Waals surface area contributed by atoms with Crippen molar-refractivity contribution < 1.29 is 4.39 Å². The van der Waals surface area contributed by atoms with Crippen LogP contribution in [0.5, 0.6) is 0 Å². The van der Waals surface area contributed by atoms with Gasteiger partial charge in [0.2, 0.25) is 0 Å². The van der Waals surface area contributed by atoms with Crippen LogP contribution in [0.2, 0.25) is 0 Å². The summed E-state index contributed by atoms with van der Waals surface area (Å²) >= 11 is 0. The maximum absolute atomic E-state index is 11.9. The van der Waals surface area contributed by atoms with Crippen molar-refractivity contribution in [2.45, 2.75) is 13.8 Å². The molecule has 0 bridgehead atoms. The Morgan fingerprint density at radius 2 is 2.18 bits per heavy atom. The van der Waals surface area contributed by atoms with Crippen LogP contribution in [0.4, 0.5) is 4.39 Å². The molecule has 0 unspecified atom stereocenters. The number of halogens is 1. The molecule has 0 fully saturated rings. The molecule has 0 aliphatic heterocycles. The zero-order valence-electron chi connectivity index (χ0n) is 7.13. The standard InChI is InChI=1S/C6H7FN2.C2H6/c1-5-4-8-9(2)6(5)3-7;1-2/h3-4H,1H2,2H3;1-2H3/b6-3-;. The van der Waals surface area contributed by atoms with Crippen LogP contribution in [-0.4, -0.2) is 9.78 Å². The van der Waals surface area contributed by atoms with Gasteiger partial charge in [0.05, 0.1) is 11.5 Å². The second-order valence-corrected chi connectivity index (χ2v) is 1.79. The zero-order valence-corrected chi connectivity index (χ0v) is 7.13. The third kappa shape index (κ3) is 2.18. The van der Waals surface area contributed by atoms with Crippen molar-refractivity contribution in [3.63, 3.8) is 0 Å². The number of aryl methyl sites for hydroxylation is 1. The first-order valence-corrected chi connectivity index (χ1v) is 3.53. The van der Waals surface area contributed by atoms with Gasteiger partial charge in [0.25, 0.3) is 0 Å². The molecule has 11 heavy (non-hydrogen) atoms. The predicted molar refractivity (Wildman–Crippen MR) is 44.9 cm³/mol. The van der Waals surface area contributed by atoms with Gasteiger partial charge in [-0.05, 0) is 0 Å². The summed E-state index contributed by atoms with van der Waals surface area (Å²) in [6.07, 6.45) is 2.01. The van der Waals surface area contributed by atoms with Gasteiger partial charge in [0.1, 0.15) is 6.33 Å². The van der Waals surface area contributed by atoms with Crippen molar-refractivity contribution in [1.82, 2.24) is 9.78 Å². The van der Waals surface area contributed by atoms with E-state index in [0.717, 1.165) is 0 Å². The third-order valence-corrected chi connectivity index (χ3v) is 1.17. The summed E-state index contributed by atoms with van der Waals surface area (Å²) in [5.74, 6) is 0. The van der Waals surface area contributed by atoms with Crippen molar-refractivity contribution in [2.24, 2.45) is 7.05 Å². The molecule has 1 aromatic rings. The molecule has 0 aliphatic carbocycles. The Hall–Kier alpha value is -1.12. The average molecular weight is 156 g/mol. The summed E-state index contributed by atoms with van der Waals surface area (Å²) < 4.78 is 13.3. The van der Waals surface area contributed by atoms with Gasteiger partial charge in [-0.2, -0.15) is 5.10 Å². The molecule has 3 heteroatoms. The topological polar surface area (TPSA) is 17.8 Å². The van der Waals surface area contributed by atoms with Crippen molar-refractivity contribution in [2.75, 3.05) is 0 Å². The molecule has 0 atom stereocenters. The molecular weight excluding hydrogens is 143 g/mol. The maximum Gasteiger partial charge on any atom is 0.113 e. The van der Waals surface area contributed by atoms with E-state index in [4.69, 9.17) is 0 Å². The molecule has 0 saturated heterocycles. The van der Waals surface area contributed by atoms with Gasteiger partial charge >= 0.3 is 0 Å². The zero-order chi connectivity index (χ0) is 8.85. The van der Waals surface area contributed by atoms with Crippen LogP contribution >= 0.6 is 0 Å². The maximum atomic E-state index is 11.9. The SMILES string of the molecule is C=c1cnn(C)/c1=C\F.CC. The van der Waals surface area contributed by atoms with Crippen molar-refractivity contribution in [3.8, 4) is 0 Å². The molecule has 62 valence electrons. The lowest BCUT2D eigenvalue weighted by Crippen LogP contribution is -2.25. The first-order chi connectivity index (χ1) is 5.25. The Kier molecular flexibility index (Phi) is 4.18. The van der Waals surface area contributed by atoms with Gasteiger partial charge in [0, 0.05) is 12.3 Å². The molecule has 2 nitrogen and oxygen atoms in total. The Balaban J connectivity index is 0.000000461. The number of nitrogens with zero attached hydrogens (tertiary/aromatic N) is 2. The first-order valence-electron chi connectivity index (χ1n) is 3.53. The molecule has 1 rings (SSSR count). The van der Waals surface area contributed by atoms with Gasteiger partial charge in [-0.15, -0.1) is 0 Å². The first kappa shape index (κ1) is 9.88. The van der Waals surface area contributed by atoms with Crippen molar-refractivity contribution in [1.29, 1.82) is 0 Å². The number of rotatable bonds is 0. The molecule has 0 spiro atoms. The van der Waals surface area contributed by atoms with Crippen molar-refractivity contribution >= 4 is 12.9 Å². The summed E-state index contributed by atoms with van der Waals surface area (Å²) in [6, 6.07) is 0. The van der Waals surface area contributed by atoms with Crippen LogP contribution in [0.1, 0.15) is 13.8 Å². The molecule has 0 aromatic carbocycles. The van der Waals surface area contributed by atoms with E-state index in [2.05, 4.69) is 11.7 Å². The van der Waals surface area contributed by atoms with E-state index in [-0.39, 0.29) is 0 Å². The molecule has 0 saturated carbocycles. The monoisotopic (exact) mass is 156 g/mol. The van der Waals surface area contributed by atoms with Crippen LogP contribution in [0.3, 0.4) is 0 Å². The number of hydrogen-bond acceptors (Lipinski definition) is 1. The van der Waals surface area contributed by atoms with Gasteiger partial charge in [-0.3, -0.25) is 4.68 Å². The third-order valence-electron chi connectivity index (χ3n) is 1.17. The second kappa shape index (κ2) is 4.66. The summed E-state index contributed by atoms with van der Waals surface area (Å²) in [6.45, 7) is 7.56. The van der Waals surface area contributed by atoms with Crippen LogP contribution < -0.4 is 10.6 Å². The second-order valence-electron chi connectivity index (χ2n) is 1.79. The van der Waals surface area contributed by atoms with E-state index in [9.17, 15) is 4.39 Å². The quantitative estimate of drug-likeness (QED) is 0.537. The van der Waals surface area contributed by atoms with Crippen LogP contribution in [0.25, 0.3) is 12.9 Å². The Morgan fingerprint density at radius 1 is 1.64 bits per heavy atom. The van der Waals surface area contributed by atoms with Gasteiger partial charge in [0.15, 0.2) is 0 Å². The predicted octanol–water partition coefficient (Wildman–Crippen LogP) is 0.564. The van der Waals surface area contributed by atoms with Gasteiger partial charge in [-0.25, -0.2) is 4.39 Å². The minimum Gasteiger partial charge on any atom is -0.266 e. The fourth-order valence-corrected chi connectivity index (χ4v) is 0.633. The average Bonchev–Trinajstić information content (AvgIpc) is 2.35. The largest absolute Gasteiger partial charge is 0.266 e. The molecule has 0 aliphatic rings. The highest BCUT2D eigenvalue weighted by atomic mass is 19.1. The highest BCUT2D eigenvalue weighted by molar-refractivity contribution is 5.12. The molecule has 1 aromatic heterocycles. The van der Waals surface area contributed by atoms with E-state index < -0.39 is 0 Å². The number of hydrogen-bond donors (Lipinski definition) is 0. The highest BCUT2D eigenvalue weighted by Crippen LogP contribution is 1.63. The Labute approximate surface area is 65.7 Å². The van der Waals surface area contributed by atoms with Crippen LogP contribution in [0.15, 0.2) is 6.20 Å². The molecule has 1 heterocycles. The van der Waals surface area contributed by atoms with E-state index in [1.54, 1.807) is 7.05 Å². The lowest BCUT2D eigenvalue weighted by atomic mass is 10.5. The fraction of sp³-hybridized carbons (Fsp3) is 0.375. The lowest BCUT2D eigenvalue weighted by Gasteiger charge is -1.82. The van der Waals surface area contributed by atoms with E-state index in [1.807, 2.05) is 13.8 Å². The van der Waals surface area contributed by atoms with Gasteiger partial charge in [-0.1, -0.05) is 20.4 Å². The normalized spacial score (nSPS) is 10.7. The molecule has 0 amide bonds. The lowest BCUT2D eigenvalue weighted by molar-refractivity contribution is 0.714. The summed E-state index contributed by atoms with van der Waals surface area (Å²) in [7, 11) is 1.67. The smallest absolute Gasteiger partial charge is 0.113 e. The van der Waals surface area contributed by atoms with E-state index in [1.165, 1.54) is 10.9 Å². The van der Waals surface area contributed by atoms with E-state index >= 15 is 0 Å². The number of aromatic nitrogens is 2. The molecule has 0 radical (unpaired) electrons. The minimum absolute atomic E-state index is 0.426. The van der Waals surface area contributed by atoms with Crippen LogP contribution in [0, 0.1) is 0 Å². The summed E-state index contributed by atoms with van der Waals surface area (Å²) in [4.78, 5) is 0. The van der Waals surface area contributed by atoms with Gasteiger partial charge < -0.3 is 0 Å². The summed E-state index contributed by atoms with van der Waals surface area (Å²) in [5, 5.41) is 4.81. The van der Waals surface area contributed by atoms with Crippen LogP contribution in [-0.2, 0) is 7.05 Å². The minimum atomic E-state index is 0.426. The Morgan fingerprint density at radius 3 is 2.36 bits per heavy atom. The summed E-state index contributed by atoms with van der Waals surface area (Å²) in [5.41, 5.74) is 0. The molecule has 0 N–H and O–H groups in total. The van der Waals surface area contributed by atoms with Crippen molar-refractivity contribution in [3.05, 3.63) is 16.8 Å². The fourth-order valence-electron chi connectivity index (χ4n) is 0.633. The Bertz CT molecular complexity index is 300.